The van der Waals surface area contributed by atoms with E-state index in [1.54, 1.807) is 0 Å². The summed E-state index contributed by atoms with van der Waals surface area (Å²) >= 11 is 0. The van der Waals surface area contributed by atoms with Crippen LogP contribution in [-0.2, 0) is 6.42 Å². The van der Waals surface area contributed by atoms with E-state index in [4.69, 9.17) is 0 Å². The van der Waals surface area contributed by atoms with Crippen LogP contribution in [0.3, 0.4) is 0 Å². The van der Waals surface area contributed by atoms with Crippen molar-refractivity contribution >= 4 is 6.08 Å². The molecule has 0 unspecified atom stereocenters. The summed E-state index contributed by atoms with van der Waals surface area (Å²) < 4.78 is 0. The van der Waals surface area contributed by atoms with Gasteiger partial charge in [-0.25, -0.2) is 0 Å². The van der Waals surface area contributed by atoms with Crippen molar-refractivity contribution in [1.29, 1.82) is 0 Å². The van der Waals surface area contributed by atoms with Crippen LogP contribution in [0.25, 0.3) is 6.08 Å². The van der Waals surface area contributed by atoms with Crippen molar-refractivity contribution in [2.24, 2.45) is 0 Å². The molecule has 134 valence electrons. The van der Waals surface area contributed by atoms with E-state index in [9.17, 15) is 0 Å². The predicted octanol–water partition coefficient (Wildman–Crippen LogP) is 8.19. The molecule has 0 aliphatic rings. The fourth-order valence-electron chi connectivity index (χ4n) is 1.69. The summed E-state index contributed by atoms with van der Waals surface area (Å²) in [6.45, 7) is 12.6. The van der Waals surface area contributed by atoms with Gasteiger partial charge >= 0.3 is 0 Å². The van der Waals surface area contributed by atoms with Crippen LogP contribution in [0.15, 0.2) is 66.7 Å². The van der Waals surface area contributed by atoms with E-state index in [1.807, 2.05) is 45.0 Å². The van der Waals surface area contributed by atoms with Gasteiger partial charge in [-0.05, 0) is 24.5 Å². The third kappa shape index (κ3) is 16.5. The first-order chi connectivity index (χ1) is 11.8. The summed E-state index contributed by atoms with van der Waals surface area (Å²) in [5, 5.41) is 0. The number of hydrogen-bond acceptors (Lipinski definition) is 0. The summed E-state index contributed by atoms with van der Waals surface area (Å²) in [7, 11) is 0. The van der Waals surface area contributed by atoms with Gasteiger partial charge in [-0.1, -0.05) is 127 Å². The molecule has 0 atom stereocenters. The number of hydrogen-bond donors (Lipinski definition) is 0. The minimum atomic E-state index is 1.21. The molecule has 0 nitrogen and oxygen atoms in total. The Labute approximate surface area is 151 Å². The number of benzene rings is 2. The van der Waals surface area contributed by atoms with Gasteiger partial charge in [-0.3, -0.25) is 0 Å². The second-order valence-electron chi connectivity index (χ2n) is 5.15. The lowest BCUT2D eigenvalue weighted by Crippen LogP contribution is -1.78. The molecule has 2 rings (SSSR count). The Bertz CT molecular complexity index is 452. The summed E-state index contributed by atoms with van der Waals surface area (Å²) in [6.07, 6.45) is 9.21. The van der Waals surface area contributed by atoms with Crippen molar-refractivity contribution in [3.8, 4) is 0 Å². The molecule has 0 saturated heterocycles. The molecule has 0 saturated carbocycles. The van der Waals surface area contributed by atoms with Crippen molar-refractivity contribution in [2.45, 2.75) is 67.2 Å². The molecule has 2 aromatic carbocycles. The maximum absolute atomic E-state index is 2.20. The molecule has 24 heavy (non-hydrogen) atoms. The van der Waals surface area contributed by atoms with Gasteiger partial charge in [0.05, 0.1) is 0 Å². The second kappa shape index (κ2) is 21.2. The largest absolute Gasteiger partial charge is 0.0871 e. The normalized spacial score (nSPS) is 8.92. The monoisotopic (exact) mass is 326 g/mol. The molecular formula is C24H38. The molecule has 0 heteroatoms. The van der Waals surface area contributed by atoms with Crippen molar-refractivity contribution in [1.82, 2.24) is 0 Å². The maximum Gasteiger partial charge on any atom is -0.0260 e. The van der Waals surface area contributed by atoms with E-state index in [0.717, 1.165) is 0 Å². The van der Waals surface area contributed by atoms with Crippen molar-refractivity contribution in [2.75, 3.05) is 0 Å². The molecule has 0 bridgehead atoms. The molecule has 0 radical (unpaired) electrons. The molecule has 0 aromatic heterocycles. The van der Waals surface area contributed by atoms with Gasteiger partial charge in [0.15, 0.2) is 0 Å². The second-order valence-corrected chi connectivity index (χ2v) is 5.15. The zero-order valence-electron chi connectivity index (χ0n) is 16.8. The highest BCUT2D eigenvalue weighted by Gasteiger charge is 1.84. The zero-order chi connectivity index (χ0) is 18.5. The summed E-state index contributed by atoms with van der Waals surface area (Å²) in [5.41, 5.74) is 2.71. The Morgan fingerprint density at radius 1 is 0.667 bits per heavy atom. The van der Waals surface area contributed by atoms with E-state index in [2.05, 4.69) is 69.3 Å². The topological polar surface area (TPSA) is 0 Å². The zero-order valence-corrected chi connectivity index (χ0v) is 16.8. The molecule has 0 aliphatic heterocycles. The fraction of sp³-hybridized carbons (Fsp3) is 0.417. The highest BCUT2D eigenvalue weighted by atomic mass is 13.9. The van der Waals surface area contributed by atoms with Crippen LogP contribution < -0.4 is 0 Å². The van der Waals surface area contributed by atoms with Gasteiger partial charge in [-0.2, -0.15) is 0 Å². The van der Waals surface area contributed by atoms with Crippen LogP contribution in [0.5, 0.6) is 0 Å². The van der Waals surface area contributed by atoms with E-state index < -0.39 is 0 Å². The van der Waals surface area contributed by atoms with Crippen molar-refractivity contribution < 1.29 is 0 Å². The van der Waals surface area contributed by atoms with Crippen molar-refractivity contribution in [3.63, 3.8) is 0 Å². The number of unbranched alkanes of at least 4 members (excludes halogenated alkanes) is 1. The standard InChI is InChI=1S/C9H12.C9H10.C4H10.C2H6/c2*1-2-6-9-7-4-3-5-8-9;1-3-4-2;1-2/h3-5,7-8H,2,6H2,1H3;2-8H,1H3;3-4H2,1-2H3;1-2H3/b;6-2+;;. The van der Waals surface area contributed by atoms with Crippen LogP contribution in [0.2, 0.25) is 0 Å². The summed E-state index contributed by atoms with van der Waals surface area (Å²) in [6, 6.07) is 20.8. The molecule has 0 N–H and O–H groups in total. The van der Waals surface area contributed by atoms with E-state index in [0.29, 0.717) is 0 Å². The molecule has 0 heterocycles. The summed E-state index contributed by atoms with van der Waals surface area (Å²) in [5.74, 6) is 0. The van der Waals surface area contributed by atoms with Crippen LogP contribution in [0.4, 0.5) is 0 Å². The Hall–Kier alpha value is -1.82. The van der Waals surface area contributed by atoms with Gasteiger partial charge in [0.1, 0.15) is 0 Å². The van der Waals surface area contributed by atoms with E-state index in [-0.39, 0.29) is 0 Å². The number of rotatable bonds is 4. The highest BCUT2D eigenvalue weighted by molar-refractivity contribution is 5.47. The average Bonchev–Trinajstić information content (AvgIpc) is 2.66. The quantitative estimate of drug-likeness (QED) is 0.531. The minimum absolute atomic E-state index is 1.21. The SMILES string of the molecule is C/C=C/c1ccccc1.CC.CCCC.CCCc1ccccc1. The first kappa shape index (κ1) is 24.4. The fourth-order valence-corrected chi connectivity index (χ4v) is 1.69. The van der Waals surface area contributed by atoms with Crippen LogP contribution in [0, 0.1) is 0 Å². The maximum atomic E-state index is 2.20. The molecule has 2 aromatic rings. The Kier molecular flexibility index (Phi) is 21.6. The third-order valence-corrected chi connectivity index (χ3v) is 3.04. The Morgan fingerprint density at radius 3 is 1.50 bits per heavy atom. The van der Waals surface area contributed by atoms with Gasteiger partial charge in [-0.15, -0.1) is 0 Å². The Balaban J connectivity index is 0. The average molecular weight is 327 g/mol. The predicted molar refractivity (Wildman–Crippen MR) is 114 cm³/mol. The number of allylic oxidation sites excluding steroid dienone is 1. The van der Waals surface area contributed by atoms with Gasteiger partial charge in [0, 0.05) is 0 Å². The summed E-state index contributed by atoms with van der Waals surface area (Å²) in [4.78, 5) is 0. The van der Waals surface area contributed by atoms with Gasteiger partial charge < -0.3 is 0 Å². The molecule has 0 aliphatic carbocycles. The van der Waals surface area contributed by atoms with Crippen molar-refractivity contribution in [3.05, 3.63) is 77.9 Å². The third-order valence-electron chi connectivity index (χ3n) is 3.04. The van der Waals surface area contributed by atoms with Crippen LogP contribution in [-0.4, -0.2) is 0 Å². The highest BCUT2D eigenvalue weighted by Crippen LogP contribution is 2.00. The lowest BCUT2D eigenvalue weighted by Gasteiger charge is -1.93. The molecular weight excluding hydrogens is 288 g/mol. The lowest BCUT2D eigenvalue weighted by atomic mass is 10.1. The molecule has 0 spiro atoms. The Morgan fingerprint density at radius 2 is 1.12 bits per heavy atom. The molecule has 0 fully saturated rings. The smallest absolute Gasteiger partial charge is 0.0260 e. The first-order valence-corrected chi connectivity index (χ1v) is 9.50. The van der Waals surface area contributed by atoms with E-state index in [1.165, 1.54) is 36.8 Å². The minimum Gasteiger partial charge on any atom is -0.0871 e. The lowest BCUT2D eigenvalue weighted by molar-refractivity contribution is 0.886. The van der Waals surface area contributed by atoms with Crippen LogP contribution in [0.1, 0.15) is 71.9 Å². The number of aryl methyl sites for hydroxylation is 1. The van der Waals surface area contributed by atoms with E-state index >= 15 is 0 Å². The van der Waals surface area contributed by atoms with Crippen LogP contribution >= 0.6 is 0 Å². The van der Waals surface area contributed by atoms with Gasteiger partial charge in [0.25, 0.3) is 0 Å². The van der Waals surface area contributed by atoms with Gasteiger partial charge in [0.2, 0.25) is 0 Å². The first-order valence-electron chi connectivity index (χ1n) is 9.50. The molecule has 0 amide bonds.